The highest BCUT2D eigenvalue weighted by Crippen LogP contribution is 2.66. The van der Waals surface area contributed by atoms with Crippen LogP contribution < -0.4 is 5.73 Å². The van der Waals surface area contributed by atoms with Crippen LogP contribution in [0.1, 0.15) is 57.6 Å². The molecule has 2 aliphatic carbocycles. The first-order valence-corrected chi connectivity index (χ1v) is 11.0. The number of Topliss-reactive ketones (excluding diaryl/α,β-unsaturated/α-hetero) is 1. The molecule has 3 fully saturated rings. The molecule has 0 bridgehead atoms. The van der Waals surface area contributed by atoms with Crippen molar-refractivity contribution >= 4 is 23.8 Å². The van der Waals surface area contributed by atoms with Crippen molar-refractivity contribution in [3.63, 3.8) is 0 Å². The maximum atomic E-state index is 13.8. The number of fused-ring (bicyclic) bond motifs is 3. The lowest BCUT2D eigenvalue weighted by Gasteiger charge is -2.62. The van der Waals surface area contributed by atoms with Crippen LogP contribution in [0.25, 0.3) is 0 Å². The van der Waals surface area contributed by atoms with Gasteiger partial charge in [-0.05, 0) is 42.6 Å². The summed E-state index contributed by atoms with van der Waals surface area (Å²) in [6.07, 6.45) is 2.16. The fraction of sp³-hybridized carbons (Fsp3) is 0.652. The smallest absolute Gasteiger partial charge is 0.405 e. The van der Waals surface area contributed by atoms with Gasteiger partial charge in [-0.15, -0.1) is 0 Å². The van der Waals surface area contributed by atoms with Crippen molar-refractivity contribution in [1.29, 1.82) is 0 Å². The summed E-state index contributed by atoms with van der Waals surface area (Å²) in [5.41, 5.74) is 4.42. The van der Waals surface area contributed by atoms with Crippen molar-refractivity contribution in [2.75, 3.05) is 7.11 Å². The van der Waals surface area contributed by atoms with E-state index < -0.39 is 52.9 Å². The largest absolute Gasteiger partial charge is 0.472 e. The molecule has 9 heteroatoms. The summed E-state index contributed by atoms with van der Waals surface area (Å²) in [7, 11) is 1.31. The Morgan fingerprint density at radius 2 is 2.06 bits per heavy atom. The van der Waals surface area contributed by atoms with E-state index in [1.165, 1.54) is 19.6 Å². The molecule has 0 aromatic carbocycles. The number of nitrogens with two attached hydrogens (primary N) is 1. The predicted molar refractivity (Wildman–Crippen MR) is 109 cm³/mol. The van der Waals surface area contributed by atoms with Crippen LogP contribution in [0, 0.1) is 28.6 Å². The number of primary amides is 1. The Morgan fingerprint density at radius 3 is 2.66 bits per heavy atom. The maximum Gasteiger partial charge on any atom is 0.405 e. The molecular weight excluding hydrogens is 418 g/mol. The predicted octanol–water partition coefficient (Wildman–Crippen LogP) is 2.92. The van der Waals surface area contributed by atoms with Gasteiger partial charge in [0.2, 0.25) is 0 Å². The van der Waals surface area contributed by atoms with Gasteiger partial charge in [-0.1, -0.05) is 13.8 Å². The van der Waals surface area contributed by atoms with Crippen LogP contribution in [0.5, 0.6) is 0 Å². The van der Waals surface area contributed by atoms with E-state index in [0.717, 1.165) is 0 Å². The summed E-state index contributed by atoms with van der Waals surface area (Å²) in [6.45, 7) is 3.86. The molecule has 32 heavy (non-hydrogen) atoms. The summed E-state index contributed by atoms with van der Waals surface area (Å²) < 4.78 is 21.2. The van der Waals surface area contributed by atoms with E-state index in [-0.39, 0.29) is 18.2 Å². The van der Waals surface area contributed by atoms with Crippen LogP contribution in [0.3, 0.4) is 0 Å². The van der Waals surface area contributed by atoms with Gasteiger partial charge in [-0.25, -0.2) is 4.79 Å². The fourth-order valence-electron chi connectivity index (χ4n) is 6.78. The van der Waals surface area contributed by atoms with Crippen LogP contribution in [-0.2, 0) is 28.6 Å². The average Bonchev–Trinajstić information content (AvgIpc) is 3.28. The van der Waals surface area contributed by atoms with Crippen LogP contribution in [0.2, 0.25) is 0 Å². The highest BCUT2D eigenvalue weighted by Gasteiger charge is 2.68. The zero-order chi connectivity index (χ0) is 23.3. The number of ether oxygens (including phenoxy) is 3. The SMILES string of the molecule is CC[C@@]12CC[C@H]3C(=O)O[C@H](c4ccoc4)C[C@]3(C)[C@H]1C(=O)[C@@H](OC(N)=O)C[C@H]2C(=O)OC. The van der Waals surface area contributed by atoms with Gasteiger partial charge in [-0.3, -0.25) is 14.4 Å². The van der Waals surface area contributed by atoms with E-state index in [2.05, 4.69) is 0 Å². The highest BCUT2D eigenvalue weighted by atomic mass is 16.6. The number of ketones is 1. The Kier molecular flexibility index (Phi) is 5.55. The van der Waals surface area contributed by atoms with Gasteiger partial charge in [0, 0.05) is 17.9 Å². The van der Waals surface area contributed by atoms with Crippen molar-refractivity contribution in [3.8, 4) is 0 Å². The van der Waals surface area contributed by atoms with Gasteiger partial charge in [0.15, 0.2) is 11.9 Å². The zero-order valence-corrected chi connectivity index (χ0v) is 18.5. The molecule has 0 radical (unpaired) electrons. The fourth-order valence-corrected chi connectivity index (χ4v) is 6.78. The molecule has 1 amide bonds. The number of amides is 1. The van der Waals surface area contributed by atoms with Gasteiger partial charge in [0.25, 0.3) is 0 Å². The van der Waals surface area contributed by atoms with Gasteiger partial charge in [-0.2, -0.15) is 0 Å². The summed E-state index contributed by atoms with van der Waals surface area (Å²) in [5, 5.41) is 0. The first kappa shape index (κ1) is 22.4. The second-order valence-corrected chi connectivity index (χ2v) is 9.44. The molecular formula is C23H29NO8. The minimum Gasteiger partial charge on any atom is -0.472 e. The first-order valence-electron chi connectivity index (χ1n) is 11.0. The number of hydrogen-bond acceptors (Lipinski definition) is 8. The van der Waals surface area contributed by atoms with Crippen LogP contribution in [0.15, 0.2) is 23.0 Å². The molecule has 0 spiro atoms. The molecule has 2 heterocycles. The molecule has 174 valence electrons. The molecule has 1 aromatic heterocycles. The Morgan fingerprint density at radius 1 is 1.31 bits per heavy atom. The Bertz CT molecular complexity index is 926. The molecule has 1 saturated heterocycles. The molecule has 9 nitrogen and oxygen atoms in total. The van der Waals surface area contributed by atoms with Gasteiger partial charge < -0.3 is 24.4 Å². The molecule has 3 aliphatic rings. The van der Waals surface area contributed by atoms with Crippen molar-refractivity contribution < 1.29 is 37.8 Å². The third-order valence-electron chi connectivity index (χ3n) is 8.16. The first-order chi connectivity index (χ1) is 15.2. The lowest BCUT2D eigenvalue weighted by atomic mass is 9.42. The van der Waals surface area contributed by atoms with Crippen LogP contribution in [-0.4, -0.2) is 37.0 Å². The number of hydrogen-bond donors (Lipinski definition) is 1. The van der Waals surface area contributed by atoms with E-state index in [1.807, 2.05) is 13.8 Å². The van der Waals surface area contributed by atoms with E-state index in [4.69, 9.17) is 24.4 Å². The third kappa shape index (κ3) is 3.20. The van der Waals surface area contributed by atoms with Crippen molar-refractivity contribution in [1.82, 2.24) is 0 Å². The number of rotatable bonds is 4. The normalized spacial score (nSPS) is 38.8. The molecule has 2 saturated carbocycles. The van der Waals surface area contributed by atoms with Gasteiger partial charge >= 0.3 is 18.0 Å². The quantitative estimate of drug-likeness (QED) is 0.550. The summed E-state index contributed by atoms with van der Waals surface area (Å²) in [5.74, 6) is -2.98. The summed E-state index contributed by atoms with van der Waals surface area (Å²) >= 11 is 0. The minimum absolute atomic E-state index is 0.0230. The molecule has 2 N–H and O–H groups in total. The van der Waals surface area contributed by atoms with Gasteiger partial charge in [0.05, 0.1) is 31.5 Å². The Hall–Kier alpha value is -2.84. The lowest BCUT2D eigenvalue weighted by molar-refractivity contribution is -0.210. The zero-order valence-electron chi connectivity index (χ0n) is 18.5. The van der Waals surface area contributed by atoms with E-state index in [0.29, 0.717) is 31.2 Å². The standard InChI is InChI=1S/C23H29NO8/c1-4-23-7-5-13-20(27)31-16(12-6-8-30-11-12)10-22(13,2)18(23)17(25)15(32-21(24)28)9-14(23)19(26)29-3/h6,8,11,13-16,18H,4-5,7,9-10H2,1-3H3,(H2,24,28)/t13-,14-,15-,16-,18+,22-,23-/m0/s1. The number of carbonyl (C=O) groups is 4. The monoisotopic (exact) mass is 447 g/mol. The second kappa shape index (κ2) is 7.94. The molecule has 7 atom stereocenters. The number of esters is 2. The Balaban J connectivity index is 1.83. The summed E-state index contributed by atoms with van der Waals surface area (Å²) in [6, 6.07) is 1.73. The molecule has 4 rings (SSSR count). The third-order valence-corrected chi connectivity index (χ3v) is 8.16. The van der Waals surface area contributed by atoms with E-state index in [9.17, 15) is 19.2 Å². The summed E-state index contributed by atoms with van der Waals surface area (Å²) in [4.78, 5) is 51.3. The number of carbonyl (C=O) groups excluding carboxylic acids is 4. The van der Waals surface area contributed by atoms with Crippen molar-refractivity contribution in [2.45, 2.75) is 58.2 Å². The number of methoxy groups -OCH3 is 1. The van der Waals surface area contributed by atoms with E-state index >= 15 is 0 Å². The van der Waals surface area contributed by atoms with Crippen LogP contribution >= 0.6 is 0 Å². The topological polar surface area (TPSA) is 135 Å². The van der Waals surface area contributed by atoms with Crippen molar-refractivity contribution in [2.24, 2.45) is 34.3 Å². The molecule has 0 unspecified atom stereocenters. The molecule has 1 aliphatic heterocycles. The minimum atomic E-state index is -1.16. The van der Waals surface area contributed by atoms with Gasteiger partial charge in [0.1, 0.15) is 6.10 Å². The second-order valence-electron chi connectivity index (χ2n) is 9.44. The van der Waals surface area contributed by atoms with Crippen molar-refractivity contribution in [3.05, 3.63) is 24.2 Å². The number of cyclic esters (lactones) is 1. The van der Waals surface area contributed by atoms with Crippen LogP contribution in [0.4, 0.5) is 4.79 Å². The highest BCUT2D eigenvalue weighted by molar-refractivity contribution is 5.93. The lowest BCUT2D eigenvalue weighted by Crippen LogP contribution is -2.65. The average molecular weight is 447 g/mol. The Labute approximate surface area is 185 Å². The molecule has 1 aromatic rings. The van der Waals surface area contributed by atoms with E-state index in [1.54, 1.807) is 6.07 Å². The maximum absolute atomic E-state index is 13.8. The number of furan rings is 1.